The minimum absolute atomic E-state index is 0.228. The molecule has 152 valence electrons. The van der Waals surface area contributed by atoms with Crippen LogP contribution in [0.3, 0.4) is 0 Å². The third-order valence-corrected chi connectivity index (χ3v) is 6.80. The molecule has 1 aliphatic heterocycles. The van der Waals surface area contributed by atoms with Crippen molar-refractivity contribution in [3.8, 4) is 11.5 Å². The molecule has 0 N–H and O–H groups in total. The smallest absolute Gasteiger partial charge is 0.363 e. The molecule has 1 aliphatic rings. The van der Waals surface area contributed by atoms with E-state index in [1.54, 1.807) is 6.08 Å². The fourth-order valence-electron chi connectivity index (χ4n) is 2.60. The molecule has 0 atom stereocenters. The summed E-state index contributed by atoms with van der Waals surface area (Å²) in [7, 11) is 0. The molecule has 0 saturated carbocycles. The van der Waals surface area contributed by atoms with Gasteiger partial charge in [-0.15, -0.1) is 0 Å². The number of cyclic esters (lactones) is 1. The lowest BCUT2D eigenvalue weighted by Gasteiger charge is -2.14. The number of benzene rings is 2. The third-order valence-electron chi connectivity index (χ3n) is 3.87. The normalized spacial score (nSPS) is 14.7. The lowest BCUT2D eigenvalue weighted by atomic mass is 10.1. The molecule has 0 saturated heterocycles. The van der Waals surface area contributed by atoms with Crippen molar-refractivity contribution in [1.29, 1.82) is 0 Å². The van der Waals surface area contributed by atoms with Crippen LogP contribution >= 0.6 is 54.5 Å². The van der Waals surface area contributed by atoms with Gasteiger partial charge in [-0.3, -0.25) is 0 Å². The van der Waals surface area contributed by atoms with E-state index in [2.05, 4.69) is 59.4 Å². The van der Waals surface area contributed by atoms with Gasteiger partial charge >= 0.3 is 5.97 Å². The quantitative estimate of drug-likeness (QED) is 0.202. The van der Waals surface area contributed by atoms with E-state index in [9.17, 15) is 4.79 Å². The summed E-state index contributed by atoms with van der Waals surface area (Å²) in [6.45, 7) is 5.04. The van der Waals surface area contributed by atoms with Gasteiger partial charge in [0.2, 0.25) is 5.90 Å². The fourth-order valence-corrected chi connectivity index (χ4v) is 3.89. The Morgan fingerprint density at radius 3 is 2.62 bits per heavy atom. The number of carbonyl (C=O) groups excluding carboxylic acids is 1. The first-order valence-corrected chi connectivity index (χ1v) is 11.7. The molecule has 5 nitrogen and oxygen atoms in total. The standard InChI is InChI=1S/C21H18Br2INO4/c1-3-7-28-19-15(23)8-12(10-18(19)27-4-2)9-17-21(26)29-20(25-17)13-5-6-16(24)14(22)11-13/h5-6,8-11H,3-4,7H2,1-2H3/b17-9-. The minimum Gasteiger partial charge on any atom is -0.490 e. The van der Waals surface area contributed by atoms with Crippen molar-refractivity contribution in [2.75, 3.05) is 13.2 Å². The summed E-state index contributed by atoms with van der Waals surface area (Å²) in [6, 6.07) is 9.36. The van der Waals surface area contributed by atoms with Gasteiger partial charge in [0.1, 0.15) is 0 Å². The van der Waals surface area contributed by atoms with E-state index in [-0.39, 0.29) is 11.6 Å². The van der Waals surface area contributed by atoms with Gasteiger partial charge < -0.3 is 14.2 Å². The van der Waals surface area contributed by atoms with Crippen molar-refractivity contribution in [2.45, 2.75) is 20.3 Å². The number of hydrogen-bond donors (Lipinski definition) is 0. The maximum atomic E-state index is 12.3. The molecule has 0 amide bonds. The van der Waals surface area contributed by atoms with Crippen molar-refractivity contribution < 1.29 is 19.0 Å². The van der Waals surface area contributed by atoms with Crippen LogP contribution in [0.2, 0.25) is 0 Å². The van der Waals surface area contributed by atoms with E-state index < -0.39 is 5.97 Å². The van der Waals surface area contributed by atoms with E-state index in [0.717, 1.165) is 30.1 Å². The topological polar surface area (TPSA) is 57.1 Å². The van der Waals surface area contributed by atoms with Gasteiger partial charge in [0.15, 0.2) is 17.2 Å². The first kappa shape index (κ1) is 22.3. The number of carbonyl (C=O) groups is 1. The molecular weight excluding hydrogens is 617 g/mol. The maximum Gasteiger partial charge on any atom is 0.363 e. The van der Waals surface area contributed by atoms with Gasteiger partial charge in [-0.2, -0.15) is 0 Å². The summed E-state index contributed by atoms with van der Waals surface area (Å²) in [5.74, 6) is 1.05. The second-order valence-electron chi connectivity index (χ2n) is 6.08. The number of halogens is 3. The van der Waals surface area contributed by atoms with E-state index >= 15 is 0 Å². The molecule has 0 radical (unpaired) electrons. The van der Waals surface area contributed by atoms with Crippen molar-refractivity contribution in [3.63, 3.8) is 0 Å². The Kier molecular flexibility index (Phi) is 7.75. The molecule has 0 fully saturated rings. The molecule has 2 aromatic carbocycles. The zero-order valence-electron chi connectivity index (χ0n) is 15.8. The van der Waals surface area contributed by atoms with Crippen LogP contribution in [0.5, 0.6) is 11.5 Å². The number of rotatable bonds is 7. The van der Waals surface area contributed by atoms with Crippen molar-refractivity contribution in [3.05, 3.63) is 59.7 Å². The van der Waals surface area contributed by atoms with Gasteiger partial charge in [-0.05, 0) is 110 Å². The van der Waals surface area contributed by atoms with Crippen LogP contribution in [0.25, 0.3) is 6.08 Å². The zero-order valence-corrected chi connectivity index (χ0v) is 21.1. The molecule has 0 unspecified atom stereocenters. The Labute approximate surface area is 199 Å². The average molecular weight is 635 g/mol. The Morgan fingerprint density at radius 2 is 1.93 bits per heavy atom. The number of ether oxygens (including phenoxy) is 3. The Bertz CT molecular complexity index is 1000. The van der Waals surface area contributed by atoms with Crippen LogP contribution in [0.1, 0.15) is 31.4 Å². The highest BCUT2D eigenvalue weighted by atomic mass is 127. The second-order valence-corrected chi connectivity index (χ2v) is 8.95. The molecule has 29 heavy (non-hydrogen) atoms. The van der Waals surface area contributed by atoms with Gasteiger partial charge in [0, 0.05) is 13.6 Å². The van der Waals surface area contributed by atoms with Crippen LogP contribution < -0.4 is 9.47 Å². The van der Waals surface area contributed by atoms with E-state index in [1.165, 1.54) is 0 Å². The zero-order chi connectivity index (χ0) is 21.0. The summed E-state index contributed by atoms with van der Waals surface area (Å²) in [5, 5.41) is 0. The fraction of sp³-hybridized carbons (Fsp3) is 0.238. The Morgan fingerprint density at radius 1 is 1.14 bits per heavy atom. The first-order valence-electron chi connectivity index (χ1n) is 9.00. The first-order chi connectivity index (χ1) is 13.9. The lowest BCUT2D eigenvalue weighted by Crippen LogP contribution is -2.05. The molecule has 0 aromatic heterocycles. The molecule has 0 spiro atoms. The molecule has 3 rings (SSSR count). The van der Waals surface area contributed by atoms with Crippen molar-refractivity contribution in [1.82, 2.24) is 0 Å². The van der Waals surface area contributed by atoms with Crippen LogP contribution in [0.15, 0.2) is 50.0 Å². The van der Waals surface area contributed by atoms with Gasteiger partial charge in [0.05, 0.1) is 17.7 Å². The van der Waals surface area contributed by atoms with Gasteiger partial charge in [-0.25, -0.2) is 9.79 Å². The van der Waals surface area contributed by atoms with Crippen molar-refractivity contribution in [2.24, 2.45) is 4.99 Å². The SMILES string of the molecule is CCCOc1c(Br)cc(/C=C2\N=C(c3ccc(I)c(Br)c3)OC2=O)cc1OCC. The number of nitrogens with zero attached hydrogens (tertiary/aromatic N) is 1. The van der Waals surface area contributed by atoms with Gasteiger partial charge in [0.25, 0.3) is 0 Å². The molecule has 0 bridgehead atoms. The number of hydrogen-bond acceptors (Lipinski definition) is 5. The number of esters is 1. The largest absolute Gasteiger partial charge is 0.490 e. The summed E-state index contributed by atoms with van der Waals surface area (Å²) in [6.07, 6.45) is 2.57. The van der Waals surface area contributed by atoms with Crippen LogP contribution in [0, 0.1) is 3.57 Å². The second kappa shape index (κ2) is 10.1. The van der Waals surface area contributed by atoms with Gasteiger partial charge in [-0.1, -0.05) is 6.92 Å². The molecule has 2 aromatic rings. The maximum absolute atomic E-state index is 12.3. The molecule has 8 heteroatoms. The predicted octanol–water partition coefficient (Wildman–Crippen LogP) is 6.35. The molecule has 0 aliphatic carbocycles. The lowest BCUT2D eigenvalue weighted by molar-refractivity contribution is -0.129. The molecular formula is C21H18Br2INO4. The van der Waals surface area contributed by atoms with Crippen LogP contribution in [0.4, 0.5) is 0 Å². The average Bonchev–Trinajstić information content (AvgIpc) is 3.04. The summed E-state index contributed by atoms with van der Waals surface area (Å²) >= 11 is 9.24. The van der Waals surface area contributed by atoms with E-state index in [1.807, 2.05) is 44.2 Å². The van der Waals surface area contributed by atoms with Crippen LogP contribution in [-0.2, 0) is 9.53 Å². The highest BCUT2D eigenvalue weighted by Crippen LogP contribution is 2.38. The monoisotopic (exact) mass is 633 g/mol. The summed E-state index contributed by atoms with van der Waals surface area (Å²) in [4.78, 5) is 16.7. The predicted molar refractivity (Wildman–Crippen MR) is 129 cm³/mol. The Hall–Kier alpha value is -1.39. The number of aliphatic imine (C=N–C) groups is 1. The highest BCUT2D eigenvalue weighted by Gasteiger charge is 2.25. The highest BCUT2D eigenvalue weighted by molar-refractivity contribution is 14.1. The van der Waals surface area contributed by atoms with E-state index in [0.29, 0.717) is 24.7 Å². The Balaban J connectivity index is 1.95. The van der Waals surface area contributed by atoms with Crippen LogP contribution in [-0.4, -0.2) is 25.1 Å². The van der Waals surface area contributed by atoms with Crippen molar-refractivity contribution >= 4 is 72.4 Å². The summed E-state index contributed by atoms with van der Waals surface area (Å²) in [5.41, 5.74) is 1.71. The summed E-state index contributed by atoms with van der Waals surface area (Å²) < 4.78 is 19.6. The minimum atomic E-state index is -0.491. The third kappa shape index (κ3) is 5.40. The van der Waals surface area contributed by atoms with E-state index in [4.69, 9.17) is 14.2 Å². The molecule has 1 heterocycles.